The zero-order valence-electron chi connectivity index (χ0n) is 16.8. The third-order valence-electron chi connectivity index (χ3n) is 5.24. The van der Waals surface area contributed by atoms with E-state index in [2.05, 4.69) is 6.92 Å². The number of nitro groups is 1. The molecule has 1 heterocycles. The number of unbranched alkanes of at least 4 members (excludes halogenated alkanes) is 3. The van der Waals surface area contributed by atoms with Gasteiger partial charge in [-0.2, -0.15) is 0 Å². The Morgan fingerprint density at radius 3 is 2.47 bits per heavy atom. The van der Waals surface area contributed by atoms with Gasteiger partial charge in [0.1, 0.15) is 5.76 Å². The lowest BCUT2D eigenvalue weighted by Crippen LogP contribution is -2.30. The van der Waals surface area contributed by atoms with Gasteiger partial charge in [-0.1, -0.05) is 68.7 Å². The number of non-ortho nitro benzene ring substituents is 1. The molecule has 0 bridgehead atoms. The van der Waals surface area contributed by atoms with E-state index in [9.17, 15) is 24.8 Å². The highest BCUT2D eigenvalue weighted by Crippen LogP contribution is 2.40. The highest BCUT2D eigenvalue weighted by atomic mass is 16.6. The maximum absolute atomic E-state index is 12.9. The van der Waals surface area contributed by atoms with Crippen molar-refractivity contribution in [2.75, 3.05) is 6.54 Å². The number of carbonyl (C=O) groups is 2. The van der Waals surface area contributed by atoms with Crippen LogP contribution in [0.15, 0.2) is 60.2 Å². The second-order valence-corrected chi connectivity index (χ2v) is 7.27. The molecule has 0 radical (unpaired) electrons. The molecule has 0 aliphatic carbocycles. The van der Waals surface area contributed by atoms with Crippen LogP contribution in [0.4, 0.5) is 5.69 Å². The van der Waals surface area contributed by atoms with Crippen molar-refractivity contribution in [3.8, 4) is 0 Å². The van der Waals surface area contributed by atoms with Gasteiger partial charge in [-0.3, -0.25) is 19.7 Å². The van der Waals surface area contributed by atoms with E-state index in [4.69, 9.17) is 0 Å². The Balaban J connectivity index is 2.10. The molecule has 1 amide bonds. The van der Waals surface area contributed by atoms with Crippen molar-refractivity contribution < 1.29 is 19.6 Å². The minimum absolute atomic E-state index is 0.0396. The van der Waals surface area contributed by atoms with Crippen molar-refractivity contribution in [1.29, 1.82) is 0 Å². The molecule has 1 fully saturated rings. The van der Waals surface area contributed by atoms with E-state index >= 15 is 0 Å². The summed E-state index contributed by atoms with van der Waals surface area (Å²) in [6.07, 6.45) is 3.65. The van der Waals surface area contributed by atoms with Crippen molar-refractivity contribution in [3.05, 3.63) is 81.4 Å². The van der Waals surface area contributed by atoms with Crippen LogP contribution in [0.25, 0.3) is 5.76 Å². The SMILES string of the molecule is CCCCCCN1C(=O)C(=O)/C(=C(/O)c2ccccc2)C1c1cccc([N+](=O)[O-])c1. The van der Waals surface area contributed by atoms with Gasteiger partial charge in [0.15, 0.2) is 0 Å². The first kappa shape index (κ1) is 21.2. The number of aliphatic hydroxyl groups is 1. The lowest BCUT2D eigenvalue weighted by atomic mass is 9.95. The number of hydrogen-bond donors (Lipinski definition) is 1. The average molecular weight is 408 g/mol. The van der Waals surface area contributed by atoms with Gasteiger partial charge in [-0.05, 0) is 12.0 Å². The molecule has 3 rings (SSSR count). The molecule has 1 atom stereocenters. The lowest BCUT2D eigenvalue weighted by molar-refractivity contribution is -0.384. The van der Waals surface area contributed by atoms with E-state index in [1.165, 1.54) is 23.1 Å². The molecule has 7 nitrogen and oxygen atoms in total. The van der Waals surface area contributed by atoms with E-state index < -0.39 is 22.7 Å². The molecule has 2 aromatic rings. The highest BCUT2D eigenvalue weighted by molar-refractivity contribution is 6.46. The van der Waals surface area contributed by atoms with Crippen LogP contribution in [-0.4, -0.2) is 33.2 Å². The van der Waals surface area contributed by atoms with E-state index in [1.807, 2.05) is 0 Å². The number of benzene rings is 2. The largest absolute Gasteiger partial charge is 0.507 e. The summed E-state index contributed by atoms with van der Waals surface area (Å²) in [5, 5.41) is 22.1. The highest BCUT2D eigenvalue weighted by Gasteiger charge is 2.46. The minimum atomic E-state index is -0.869. The van der Waals surface area contributed by atoms with Crippen LogP contribution < -0.4 is 0 Å². The number of ketones is 1. The molecule has 0 aromatic heterocycles. The van der Waals surface area contributed by atoms with Crippen LogP contribution in [0.3, 0.4) is 0 Å². The molecule has 156 valence electrons. The first-order valence-corrected chi connectivity index (χ1v) is 10.0. The van der Waals surface area contributed by atoms with Gasteiger partial charge in [0, 0.05) is 24.2 Å². The minimum Gasteiger partial charge on any atom is -0.507 e. The van der Waals surface area contributed by atoms with Gasteiger partial charge in [0.05, 0.1) is 16.5 Å². The second kappa shape index (κ2) is 9.35. The van der Waals surface area contributed by atoms with Crippen molar-refractivity contribution in [2.24, 2.45) is 0 Å². The van der Waals surface area contributed by atoms with Gasteiger partial charge in [-0.25, -0.2) is 0 Å². The summed E-state index contributed by atoms with van der Waals surface area (Å²) >= 11 is 0. The van der Waals surface area contributed by atoms with Crippen molar-refractivity contribution in [1.82, 2.24) is 4.90 Å². The maximum Gasteiger partial charge on any atom is 0.295 e. The summed E-state index contributed by atoms with van der Waals surface area (Å²) in [4.78, 5) is 37.9. The summed E-state index contributed by atoms with van der Waals surface area (Å²) in [5.41, 5.74) is 0.666. The van der Waals surface area contributed by atoms with E-state index in [0.717, 1.165) is 19.3 Å². The van der Waals surface area contributed by atoms with E-state index in [0.29, 0.717) is 24.1 Å². The smallest absolute Gasteiger partial charge is 0.295 e. The van der Waals surface area contributed by atoms with Crippen LogP contribution in [0.2, 0.25) is 0 Å². The molecule has 1 saturated heterocycles. The Bertz CT molecular complexity index is 984. The monoisotopic (exact) mass is 408 g/mol. The van der Waals surface area contributed by atoms with Crippen LogP contribution in [0.1, 0.15) is 49.8 Å². The van der Waals surface area contributed by atoms with E-state index in [1.54, 1.807) is 36.4 Å². The van der Waals surface area contributed by atoms with Gasteiger partial charge in [0.2, 0.25) is 0 Å². The van der Waals surface area contributed by atoms with Gasteiger partial charge < -0.3 is 10.0 Å². The number of Topliss-reactive ketones (excluding diaryl/α,β-unsaturated/α-hetero) is 1. The number of amides is 1. The maximum atomic E-state index is 12.9. The van der Waals surface area contributed by atoms with Gasteiger partial charge >= 0.3 is 0 Å². The van der Waals surface area contributed by atoms with Crippen LogP contribution in [-0.2, 0) is 9.59 Å². The molecule has 0 saturated carbocycles. The fraction of sp³-hybridized carbons (Fsp3) is 0.304. The molecule has 1 unspecified atom stereocenters. The lowest BCUT2D eigenvalue weighted by Gasteiger charge is -2.25. The molecule has 1 aliphatic heterocycles. The van der Waals surface area contributed by atoms with Crippen LogP contribution in [0, 0.1) is 10.1 Å². The number of nitrogens with zero attached hydrogens (tertiary/aromatic N) is 2. The number of aliphatic hydroxyl groups excluding tert-OH is 1. The number of nitro benzene ring substituents is 1. The molecule has 1 aliphatic rings. The molecule has 2 aromatic carbocycles. The van der Waals surface area contributed by atoms with Crippen LogP contribution in [0.5, 0.6) is 0 Å². The molecular weight excluding hydrogens is 384 g/mol. The Hall–Kier alpha value is -3.48. The van der Waals surface area contributed by atoms with Crippen LogP contribution >= 0.6 is 0 Å². The summed E-state index contributed by atoms with van der Waals surface area (Å²) in [6, 6.07) is 13.5. The third-order valence-corrected chi connectivity index (χ3v) is 5.24. The Kier molecular flexibility index (Phi) is 6.61. The normalized spacial score (nSPS) is 18.0. The number of likely N-dealkylation sites (tertiary alicyclic amines) is 1. The topological polar surface area (TPSA) is 101 Å². The van der Waals surface area contributed by atoms with Gasteiger partial charge in [-0.15, -0.1) is 0 Å². The molecule has 1 N–H and O–H groups in total. The molecular formula is C23H24N2O5. The zero-order valence-corrected chi connectivity index (χ0v) is 16.8. The second-order valence-electron chi connectivity index (χ2n) is 7.27. The number of carbonyl (C=O) groups excluding carboxylic acids is 2. The summed E-state index contributed by atoms with van der Waals surface area (Å²) in [6.45, 7) is 2.42. The Labute approximate surface area is 174 Å². The summed E-state index contributed by atoms with van der Waals surface area (Å²) in [7, 11) is 0. The fourth-order valence-electron chi connectivity index (χ4n) is 3.73. The molecule has 0 spiro atoms. The average Bonchev–Trinajstić information content (AvgIpc) is 3.01. The third kappa shape index (κ3) is 4.25. The fourth-order valence-corrected chi connectivity index (χ4v) is 3.73. The summed E-state index contributed by atoms with van der Waals surface area (Å²) < 4.78 is 0. The molecule has 7 heteroatoms. The zero-order chi connectivity index (χ0) is 21.7. The predicted molar refractivity (Wildman–Crippen MR) is 113 cm³/mol. The number of hydrogen-bond acceptors (Lipinski definition) is 5. The first-order chi connectivity index (χ1) is 14.5. The summed E-state index contributed by atoms with van der Waals surface area (Å²) in [5.74, 6) is -1.75. The quantitative estimate of drug-likeness (QED) is 0.172. The van der Waals surface area contributed by atoms with Crippen molar-refractivity contribution in [3.63, 3.8) is 0 Å². The van der Waals surface area contributed by atoms with Crippen molar-refractivity contribution in [2.45, 2.75) is 38.6 Å². The Morgan fingerprint density at radius 1 is 1.07 bits per heavy atom. The van der Waals surface area contributed by atoms with Crippen molar-refractivity contribution >= 4 is 23.1 Å². The molecule has 30 heavy (non-hydrogen) atoms. The predicted octanol–water partition coefficient (Wildman–Crippen LogP) is 4.60. The Morgan fingerprint density at radius 2 is 1.80 bits per heavy atom. The number of rotatable bonds is 8. The standard InChI is InChI=1S/C23H24N2O5/c1-2-3-4-8-14-24-20(17-12-9-13-18(15-17)25(29)30)19(22(27)23(24)28)21(26)16-10-6-5-7-11-16/h5-7,9-13,15,20,26H,2-4,8,14H2,1H3/b21-19+. The van der Waals surface area contributed by atoms with Gasteiger partial charge in [0.25, 0.3) is 17.4 Å². The van der Waals surface area contributed by atoms with E-state index in [-0.39, 0.29) is 17.0 Å². The first-order valence-electron chi connectivity index (χ1n) is 10.0.